The molecule has 196 valence electrons. The molecular weight excluding hydrogens is 468 g/mol. The number of rotatable bonds is 8. The number of piperidine rings is 2. The number of likely N-dealkylation sites (tertiary alicyclic amines) is 2. The first-order chi connectivity index (χ1) is 18.1. The maximum Gasteiger partial charge on any atom is 0.257 e. The predicted molar refractivity (Wildman–Crippen MR) is 143 cm³/mol. The Labute approximate surface area is 217 Å². The summed E-state index contributed by atoms with van der Waals surface area (Å²) >= 11 is 0. The number of fused-ring (bicyclic) bond motifs is 1. The fourth-order valence-electron chi connectivity index (χ4n) is 5.34. The number of pyridine rings is 1. The lowest BCUT2D eigenvalue weighted by Gasteiger charge is -2.33. The number of nitrogens with one attached hydrogen (secondary N) is 1. The van der Waals surface area contributed by atoms with Crippen LogP contribution in [0.3, 0.4) is 0 Å². The number of aromatic nitrogens is 3. The predicted octanol–water partition coefficient (Wildman–Crippen LogP) is 4.12. The second kappa shape index (κ2) is 11.7. The van der Waals surface area contributed by atoms with Crippen molar-refractivity contribution >= 4 is 28.8 Å². The van der Waals surface area contributed by atoms with Crippen LogP contribution in [0.4, 0.5) is 5.95 Å². The summed E-state index contributed by atoms with van der Waals surface area (Å²) in [7, 11) is 0. The van der Waals surface area contributed by atoms with Crippen LogP contribution in [0.5, 0.6) is 5.88 Å². The Kier molecular flexibility index (Phi) is 7.99. The van der Waals surface area contributed by atoms with Gasteiger partial charge in [0.2, 0.25) is 17.7 Å². The van der Waals surface area contributed by atoms with E-state index in [0.29, 0.717) is 49.0 Å². The molecule has 2 amide bonds. The third-order valence-electron chi connectivity index (χ3n) is 7.40. The second-order valence-corrected chi connectivity index (χ2v) is 9.85. The summed E-state index contributed by atoms with van der Waals surface area (Å²) < 4.78 is 8.15. The molecule has 0 unspecified atom stereocenters. The van der Waals surface area contributed by atoms with Gasteiger partial charge >= 0.3 is 0 Å². The number of carbonyl (C=O) groups excluding carboxylic acids is 2. The fraction of sp³-hybridized carbons (Fsp3) is 0.500. The molecule has 0 spiro atoms. The minimum Gasteiger partial charge on any atom is -0.476 e. The molecule has 9 heteroatoms. The summed E-state index contributed by atoms with van der Waals surface area (Å²) in [6.07, 6.45) is 7.63. The van der Waals surface area contributed by atoms with Gasteiger partial charge in [0.25, 0.3) is 5.91 Å². The van der Waals surface area contributed by atoms with Crippen LogP contribution in [0, 0.1) is 0 Å². The van der Waals surface area contributed by atoms with E-state index < -0.39 is 0 Å². The minimum atomic E-state index is -0.207. The smallest absolute Gasteiger partial charge is 0.257 e. The number of hydrogen-bond acceptors (Lipinski definition) is 6. The first-order valence-electron chi connectivity index (χ1n) is 13.5. The molecule has 0 atom stereocenters. The van der Waals surface area contributed by atoms with E-state index in [9.17, 15) is 9.59 Å². The third-order valence-corrected chi connectivity index (χ3v) is 7.40. The topological polar surface area (TPSA) is 92.6 Å². The van der Waals surface area contributed by atoms with Gasteiger partial charge in [-0.2, -0.15) is 0 Å². The highest BCUT2D eigenvalue weighted by Crippen LogP contribution is 2.32. The number of carbonyl (C=O) groups is 2. The van der Waals surface area contributed by atoms with E-state index in [4.69, 9.17) is 9.72 Å². The molecule has 5 rings (SSSR count). The number of nitrogens with zero attached hydrogens (tertiary/aromatic N) is 5. The normalized spacial score (nSPS) is 17.2. The molecule has 1 aromatic carbocycles. The van der Waals surface area contributed by atoms with Gasteiger partial charge in [0.1, 0.15) is 12.1 Å². The molecule has 1 N–H and O–H groups in total. The summed E-state index contributed by atoms with van der Waals surface area (Å²) in [6, 6.07) is 11.2. The molecule has 4 heterocycles. The Bertz CT molecular complexity index is 1210. The van der Waals surface area contributed by atoms with E-state index in [1.54, 1.807) is 18.3 Å². The van der Waals surface area contributed by atoms with Gasteiger partial charge in [-0.25, -0.2) is 9.97 Å². The number of benzene rings is 1. The van der Waals surface area contributed by atoms with Gasteiger partial charge in [-0.1, -0.05) is 31.5 Å². The van der Waals surface area contributed by atoms with E-state index in [1.807, 2.05) is 36.1 Å². The minimum absolute atomic E-state index is 0.0978. The highest BCUT2D eigenvalue weighted by Gasteiger charge is 2.27. The Morgan fingerprint density at radius 1 is 1.05 bits per heavy atom. The van der Waals surface area contributed by atoms with Crippen molar-refractivity contribution in [2.75, 3.05) is 44.6 Å². The molecule has 2 saturated heterocycles. The van der Waals surface area contributed by atoms with Crippen molar-refractivity contribution in [1.29, 1.82) is 0 Å². The Morgan fingerprint density at radius 2 is 1.81 bits per heavy atom. The summed E-state index contributed by atoms with van der Waals surface area (Å²) in [5, 5.41) is 3.02. The molecule has 2 aliphatic rings. The van der Waals surface area contributed by atoms with Gasteiger partial charge in [-0.3, -0.25) is 19.8 Å². The zero-order valence-corrected chi connectivity index (χ0v) is 21.6. The third kappa shape index (κ3) is 5.93. The van der Waals surface area contributed by atoms with Crippen LogP contribution in [0.25, 0.3) is 11.0 Å². The van der Waals surface area contributed by atoms with Crippen LogP contribution < -0.4 is 10.1 Å². The van der Waals surface area contributed by atoms with E-state index in [2.05, 4.69) is 19.8 Å². The number of ether oxygens (including phenoxy) is 1. The van der Waals surface area contributed by atoms with Gasteiger partial charge in [-0.05, 0) is 50.9 Å². The molecule has 2 aromatic heterocycles. The molecule has 0 saturated carbocycles. The van der Waals surface area contributed by atoms with Crippen molar-refractivity contribution in [2.45, 2.75) is 51.5 Å². The van der Waals surface area contributed by atoms with Crippen molar-refractivity contribution in [3.05, 3.63) is 48.2 Å². The molecule has 0 aliphatic carbocycles. The standard InChI is InChI=1S/C28H36N6O3/c1-2-26(35)33-15-11-22(12-16-33)34-24-19-25(37-18-17-32-13-7-4-8-14-32)29-20-23(24)30-28(34)31-27(36)21-9-5-3-6-10-21/h3,5-6,9-10,19-20,22H,2,4,7-8,11-18H2,1H3,(H,30,31,36). The van der Waals surface area contributed by atoms with E-state index >= 15 is 0 Å². The second-order valence-electron chi connectivity index (χ2n) is 9.85. The van der Waals surface area contributed by atoms with Crippen LogP contribution in [-0.4, -0.2) is 75.5 Å². The Hall–Kier alpha value is -3.46. The van der Waals surface area contributed by atoms with Crippen LogP contribution in [0.15, 0.2) is 42.6 Å². The largest absolute Gasteiger partial charge is 0.476 e. The maximum absolute atomic E-state index is 13.0. The van der Waals surface area contributed by atoms with Gasteiger partial charge in [0.15, 0.2) is 0 Å². The first kappa shape index (κ1) is 25.2. The molecule has 0 bridgehead atoms. The number of hydrogen-bond donors (Lipinski definition) is 1. The van der Waals surface area contributed by atoms with Gasteiger partial charge in [0.05, 0.1) is 11.7 Å². The summed E-state index contributed by atoms with van der Waals surface area (Å²) in [5.74, 6) is 1.03. The Balaban J connectivity index is 1.38. The fourth-order valence-corrected chi connectivity index (χ4v) is 5.34. The summed E-state index contributed by atoms with van der Waals surface area (Å²) in [4.78, 5) is 38.8. The molecule has 2 aliphatic heterocycles. The van der Waals surface area contributed by atoms with Crippen LogP contribution in [-0.2, 0) is 4.79 Å². The average Bonchev–Trinajstić information content (AvgIpc) is 3.30. The number of anilines is 1. The molecule has 0 radical (unpaired) electrons. The van der Waals surface area contributed by atoms with Crippen LogP contribution >= 0.6 is 0 Å². The highest BCUT2D eigenvalue weighted by molar-refractivity contribution is 6.04. The lowest BCUT2D eigenvalue weighted by atomic mass is 10.0. The van der Waals surface area contributed by atoms with Crippen molar-refractivity contribution in [3.63, 3.8) is 0 Å². The zero-order chi connectivity index (χ0) is 25.6. The first-order valence-corrected chi connectivity index (χ1v) is 13.5. The van der Waals surface area contributed by atoms with Crippen molar-refractivity contribution < 1.29 is 14.3 Å². The van der Waals surface area contributed by atoms with Crippen molar-refractivity contribution in [1.82, 2.24) is 24.3 Å². The highest BCUT2D eigenvalue weighted by atomic mass is 16.5. The van der Waals surface area contributed by atoms with Gasteiger partial charge in [-0.15, -0.1) is 0 Å². The molecular formula is C28H36N6O3. The van der Waals surface area contributed by atoms with Crippen LogP contribution in [0.1, 0.15) is 61.8 Å². The number of amides is 2. The molecule has 3 aromatic rings. The lowest BCUT2D eigenvalue weighted by molar-refractivity contribution is -0.132. The van der Waals surface area contributed by atoms with Gasteiger partial charge < -0.3 is 14.2 Å². The van der Waals surface area contributed by atoms with Crippen molar-refractivity contribution in [2.24, 2.45) is 0 Å². The monoisotopic (exact) mass is 504 g/mol. The molecule has 37 heavy (non-hydrogen) atoms. The van der Waals surface area contributed by atoms with E-state index in [1.165, 1.54) is 19.3 Å². The average molecular weight is 505 g/mol. The van der Waals surface area contributed by atoms with Crippen LogP contribution in [0.2, 0.25) is 0 Å². The molecule has 9 nitrogen and oxygen atoms in total. The summed E-state index contributed by atoms with van der Waals surface area (Å²) in [6.45, 7) is 7.01. The van der Waals surface area contributed by atoms with E-state index in [0.717, 1.165) is 38.0 Å². The van der Waals surface area contributed by atoms with Crippen molar-refractivity contribution in [3.8, 4) is 5.88 Å². The number of imidazole rings is 1. The molecule has 2 fully saturated rings. The lowest BCUT2D eigenvalue weighted by Crippen LogP contribution is -2.38. The quantitative estimate of drug-likeness (QED) is 0.496. The van der Waals surface area contributed by atoms with E-state index in [-0.39, 0.29) is 17.9 Å². The van der Waals surface area contributed by atoms with Gasteiger partial charge in [0, 0.05) is 43.7 Å². The Morgan fingerprint density at radius 3 is 2.54 bits per heavy atom. The summed E-state index contributed by atoms with van der Waals surface area (Å²) in [5.41, 5.74) is 2.16. The SMILES string of the molecule is CCC(=O)N1CCC(n2c(NC(=O)c3ccccc3)nc3cnc(OCCN4CCCCC4)cc32)CC1. The maximum atomic E-state index is 13.0. The zero-order valence-electron chi connectivity index (χ0n) is 21.6.